The van der Waals surface area contributed by atoms with Gasteiger partial charge >= 0.3 is 0 Å². The molecule has 0 bridgehead atoms. The Kier molecular flexibility index (Phi) is 4.27. The van der Waals surface area contributed by atoms with Crippen molar-refractivity contribution in [2.75, 3.05) is 0 Å². The quantitative estimate of drug-likeness (QED) is 0.401. The molecule has 0 unspecified atom stereocenters. The van der Waals surface area contributed by atoms with Gasteiger partial charge in [0.05, 0.1) is 0 Å². The van der Waals surface area contributed by atoms with Crippen molar-refractivity contribution in [2.45, 2.75) is 6.92 Å². The van der Waals surface area contributed by atoms with E-state index in [0.717, 1.165) is 0 Å². The lowest BCUT2D eigenvalue weighted by molar-refractivity contribution is 1.49. The Morgan fingerprint density at radius 2 is 2.38 bits per heavy atom. The van der Waals surface area contributed by atoms with Crippen LogP contribution in [0.1, 0.15) is 6.92 Å². The summed E-state index contributed by atoms with van der Waals surface area (Å²) in [7, 11) is 0. The molecule has 8 heavy (non-hydrogen) atoms. The second kappa shape index (κ2) is 4.60. The predicted octanol–water partition coefficient (Wildman–Crippen LogP) is 2.34. The highest BCUT2D eigenvalue weighted by atomic mass is 35.5. The maximum absolute atomic E-state index is 5.46. The molecule has 0 rings (SSSR count). The second-order valence-corrected chi connectivity index (χ2v) is 1.51. The number of hydrogen-bond donors (Lipinski definition) is 0. The molecule has 0 N–H and O–H groups in total. The van der Waals surface area contributed by atoms with E-state index in [0.29, 0.717) is 5.16 Å². The Hall–Kier alpha value is -0.560. The van der Waals surface area contributed by atoms with E-state index < -0.39 is 0 Å². The van der Waals surface area contributed by atoms with Crippen LogP contribution in [0.3, 0.4) is 0 Å². The van der Waals surface area contributed by atoms with E-state index in [1.165, 1.54) is 0 Å². The molecule has 0 saturated heterocycles. The zero-order chi connectivity index (χ0) is 6.41. The summed E-state index contributed by atoms with van der Waals surface area (Å²) in [5.74, 6) is 0. The first kappa shape index (κ1) is 7.44. The van der Waals surface area contributed by atoms with E-state index >= 15 is 0 Å². The highest BCUT2D eigenvalue weighted by Crippen LogP contribution is 1.99. The molecular formula is C6H8ClN. The van der Waals surface area contributed by atoms with Gasteiger partial charge in [-0.2, -0.15) is 0 Å². The molecule has 0 aromatic heterocycles. The number of hydrogen-bond acceptors (Lipinski definition) is 1. The standard InChI is InChI=1S/C6H8ClN/c1-3-5-8-6(7)4-2/h3-5H,1H2,2H3. The van der Waals surface area contributed by atoms with Crippen LogP contribution in [-0.2, 0) is 0 Å². The molecule has 0 amide bonds. The van der Waals surface area contributed by atoms with Crippen molar-refractivity contribution < 1.29 is 0 Å². The minimum absolute atomic E-state index is 0.491. The lowest BCUT2D eigenvalue weighted by Gasteiger charge is -1.79. The van der Waals surface area contributed by atoms with Crippen molar-refractivity contribution in [3.63, 3.8) is 0 Å². The predicted molar refractivity (Wildman–Crippen MR) is 38.3 cm³/mol. The summed E-state index contributed by atoms with van der Waals surface area (Å²) >= 11 is 5.46. The van der Waals surface area contributed by atoms with Crippen LogP contribution in [0.4, 0.5) is 0 Å². The zero-order valence-corrected chi connectivity index (χ0v) is 5.52. The highest BCUT2D eigenvalue weighted by Gasteiger charge is 1.75. The fourth-order valence-corrected chi connectivity index (χ4v) is 0.255. The van der Waals surface area contributed by atoms with Gasteiger partial charge in [0.2, 0.25) is 0 Å². The van der Waals surface area contributed by atoms with Gasteiger partial charge in [-0.3, -0.25) is 0 Å². The zero-order valence-electron chi connectivity index (χ0n) is 4.76. The van der Waals surface area contributed by atoms with E-state index in [4.69, 9.17) is 11.6 Å². The molecule has 0 fully saturated rings. The van der Waals surface area contributed by atoms with Crippen LogP contribution >= 0.6 is 11.6 Å². The fraction of sp³-hybridized carbons (Fsp3) is 0.167. The van der Waals surface area contributed by atoms with Crippen LogP contribution in [0, 0.1) is 0 Å². The third-order valence-corrected chi connectivity index (χ3v) is 0.857. The number of halogens is 1. The summed E-state index contributed by atoms with van der Waals surface area (Å²) in [4.78, 5) is 3.74. The van der Waals surface area contributed by atoms with E-state index in [-0.39, 0.29) is 0 Å². The average molecular weight is 130 g/mol. The van der Waals surface area contributed by atoms with Gasteiger partial charge in [-0.05, 0) is 6.92 Å². The SMILES string of the molecule is C=CC=NC(Cl)=CC. The molecule has 0 aromatic rings. The summed E-state index contributed by atoms with van der Waals surface area (Å²) in [6, 6.07) is 0. The first-order chi connectivity index (χ1) is 3.81. The number of allylic oxidation sites excluding steroid dienone is 2. The largest absolute Gasteiger partial charge is 0.245 e. The number of nitrogens with zero attached hydrogens (tertiary/aromatic N) is 1. The van der Waals surface area contributed by atoms with Crippen molar-refractivity contribution in [3.05, 3.63) is 23.9 Å². The van der Waals surface area contributed by atoms with Crippen molar-refractivity contribution in [1.29, 1.82) is 0 Å². The Balaban J connectivity index is 3.69. The molecule has 2 heteroatoms. The third kappa shape index (κ3) is 3.62. The van der Waals surface area contributed by atoms with Gasteiger partial charge in [-0.15, -0.1) is 0 Å². The number of aliphatic imine (C=N–C) groups is 1. The first-order valence-electron chi connectivity index (χ1n) is 2.28. The van der Waals surface area contributed by atoms with Gasteiger partial charge in [-0.25, -0.2) is 4.99 Å². The Labute approximate surface area is 54.4 Å². The van der Waals surface area contributed by atoms with Gasteiger partial charge < -0.3 is 0 Å². The molecule has 0 saturated carbocycles. The number of rotatable bonds is 2. The van der Waals surface area contributed by atoms with Crippen LogP contribution in [0.15, 0.2) is 28.9 Å². The molecule has 0 heterocycles. The summed E-state index contributed by atoms with van der Waals surface area (Å²) in [5, 5.41) is 0.491. The second-order valence-electron chi connectivity index (χ2n) is 1.13. The fourth-order valence-electron chi connectivity index (χ4n) is 0.198. The molecule has 0 radical (unpaired) electrons. The van der Waals surface area contributed by atoms with E-state index in [2.05, 4.69) is 11.6 Å². The lowest BCUT2D eigenvalue weighted by atomic mass is 10.7. The van der Waals surface area contributed by atoms with Crippen LogP contribution in [-0.4, -0.2) is 6.21 Å². The Bertz CT molecular complexity index is 124. The van der Waals surface area contributed by atoms with Crippen molar-refractivity contribution in [3.8, 4) is 0 Å². The monoisotopic (exact) mass is 129 g/mol. The Morgan fingerprint density at radius 3 is 2.75 bits per heavy atom. The van der Waals surface area contributed by atoms with Gasteiger partial charge in [0, 0.05) is 6.21 Å². The molecular weight excluding hydrogens is 122 g/mol. The maximum atomic E-state index is 5.46. The molecule has 0 atom stereocenters. The van der Waals surface area contributed by atoms with Crippen LogP contribution < -0.4 is 0 Å². The molecule has 0 aromatic carbocycles. The molecule has 0 aliphatic rings. The summed E-state index contributed by atoms with van der Waals surface area (Å²) < 4.78 is 0. The maximum Gasteiger partial charge on any atom is 0.124 e. The molecule has 44 valence electrons. The van der Waals surface area contributed by atoms with E-state index in [1.807, 2.05) is 6.92 Å². The summed E-state index contributed by atoms with van der Waals surface area (Å²) in [5.41, 5.74) is 0. The van der Waals surface area contributed by atoms with Crippen molar-refractivity contribution in [1.82, 2.24) is 0 Å². The highest BCUT2D eigenvalue weighted by molar-refractivity contribution is 6.29. The van der Waals surface area contributed by atoms with Crippen molar-refractivity contribution >= 4 is 17.8 Å². The smallest absolute Gasteiger partial charge is 0.124 e. The first-order valence-corrected chi connectivity index (χ1v) is 2.66. The van der Waals surface area contributed by atoms with Gasteiger partial charge in [-0.1, -0.05) is 30.3 Å². The third-order valence-electron chi connectivity index (χ3n) is 0.541. The van der Waals surface area contributed by atoms with Gasteiger partial charge in [0.25, 0.3) is 0 Å². The minimum atomic E-state index is 0.491. The van der Waals surface area contributed by atoms with Gasteiger partial charge in [0.15, 0.2) is 0 Å². The van der Waals surface area contributed by atoms with Gasteiger partial charge in [0.1, 0.15) is 5.16 Å². The molecule has 0 spiro atoms. The average Bonchev–Trinajstić information content (AvgIpc) is 1.83. The molecule has 1 nitrogen and oxygen atoms in total. The molecule has 0 aliphatic carbocycles. The summed E-state index contributed by atoms with van der Waals surface area (Å²) in [6.07, 6.45) is 4.83. The minimum Gasteiger partial charge on any atom is -0.245 e. The van der Waals surface area contributed by atoms with Crippen molar-refractivity contribution in [2.24, 2.45) is 4.99 Å². The topological polar surface area (TPSA) is 12.4 Å². The van der Waals surface area contributed by atoms with E-state index in [9.17, 15) is 0 Å². The van der Waals surface area contributed by atoms with Crippen LogP contribution in [0.2, 0.25) is 0 Å². The normalized spacial score (nSPS) is 12.5. The molecule has 0 aliphatic heterocycles. The summed E-state index contributed by atoms with van der Waals surface area (Å²) in [6.45, 7) is 5.25. The lowest BCUT2D eigenvalue weighted by Crippen LogP contribution is -1.62. The Morgan fingerprint density at radius 1 is 1.75 bits per heavy atom. The van der Waals surface area contributed by atoms with Crippen LogP contribution in [0.25, 0.3) is 0 Å². The van der Waals surface area contributed by atoms with Crippen LogP contribution in [0.5, 0.6) is 0 Å². The van der Waals surface area contributed by atoms with E-state index in [1.54, 1.807) is 18.4 Å².